The number of halogens is 1. The van der Waals surface area contributed by atoms with Crippen molar-refractivity contribution in [1.29, 1.82) is 0 Å². The van der Waals surface area contributed by atoms with Gasteiger partial charge in [0.2, 0.25) is 0 Å². The summed E-state index contributed by atoms with van der Waals surface area (Å²) >= 11 is 7.47. The van der Waals surface area contributed by atoms with Gasteiger partial charge in [0.1, 0.15) is 17.5 Å². The number of esters is 1. The van der Waals surface area contributed by atoms with Crippen molar-refractivity contribution in [2.45, 2.75) is 51.7 Å². The van der Waals surface area contributed by atoms with Crippen molar-refractivity contribution in [3.8, 4) is 11.1 Å². The maximum absolute atomic E-state index is 13.1. The van der Waals surface area contributed by atoms with Gasteiger partial charge in [-0.05, 0) is 50.3 Å². The fourth-order valence-electron chi connectivity index (χ4n) is 3.76. The first-order chi connectivity index (χ1) is 13.5. The highest BCUT2D eigenvalue weighted by Gasteiger charge is 2.20. The van der Waals surface area contributed by atoms with Crippen LogP contribution in [0.4, 0.5) is 0 Å². The lowest BCUT2D eigenvalue weighted by molar-refractivity contribution is -0.151. The second kappa shape index (κ2) is 8.05. The minimum Gasteiger partial charge on any atom is -0.461 e. The maximum atomic E-state index is 13.1. The zero-order valence-electron chi connectivity index (χ0n) is 15.6. The minimum absolute atomic E-state index is 0.0262. The molecule has 4 rings (SSSR count). The molecule has 0 saturated heterocycles. The number of rotatable bonds is 4. The Balaban J connectivity index is 1.66. The van der Waals surface area contributed by atoms with Crippen LogP contribution in [0.3, 0.4) is 0 Å². The summed E-state index contributed by atoms with van der Waals surface area (Å²) in [5.74, 6) is -0.379. The zero-order chi connectivity index (χ0) is 19.7. The third-order valence-electron chi connectivity index (χ3n) is 5.14. The lowest BCUT2D eigenvalue weighted by Crippen LogP contribution is -2.28. The van der Waals surface area contributed by atoms with E-state index in [0.29, 0.717) is 15.2 Å². The van der Waals surface area contributed by atoms with Crippen LogP contribution in [-0.2, 0) is 16.1 Å². The molecule has 146 valence electrons. The Labute approximate surface area is 171 Å². The lowest BCUT2D eigenvalue weighted by Gasteiger charge is -2.21. The number of carbonyl (C=O) groups is 1. The van der Waals surface area contributed by atoms with E-state index in [2.05, 4.69) is 4.98 Å². The van der Waals surface area contributed by atoms with Gasteiger partial charge in [-0.15, -0.1) is 11.3 Å². The topological polar surface area (TPSA) is 61.2 Å². The van der Waals surface area contributed by atoms with Crippen LogP contribution in [0.25, 0.3) is 21.3 Å². The Morgan fingerprint density at radius 3 is 2.68 bits per heavy atom. The van der Waals surface area contributed by atoms with Gasteiger partial charge in [0, 0.05) is 15.5 Å². The van der Waals surface area contributed by atoms with Crippen molar-refractivity contribution in [2.75, 3.05) is 0 Å². The zero-order valence-corrected chi connectivity index (χ0v) is 17.2. The fraction of sp³-hybridized carbons (Fsp3) is 0.381. The molecule has 2 aromatic heterocycles. The van der Waals surface area contributed by atoms with Gasteiger partial charge in [0.15, 0.2) is 0 Å². The summed E-state index contributed by atoms with van der Waals surface area (Å²) in [6.45, 7) is 1.85. The van der Waals surface area contributed by atoms with Crippen molar-refractivity contribution in [2.24, 2.45) is 0 Å². The molecule has 1 fully saturated rings. The first kappa shape index (κ1) is 19.2. The van der Waals surface area contributed by atoms with Crippen LogP contribution < -0.4 is 5.56 Å². The molecule has 0 N–H and O–H groups in total. The lowest BCUT2D eigenvalue weighted by atomic mass is 9.98. The number of ether oxygens (including phenoxy) is 1. The summed E-state index contributed by atoms with van der Waals surface area (Å²) in [7, 11) is 0. The number of carbonyl (C=O) groups excluding carboxylic acids is 1. The standard InChI is InChI=1S/C21H21ClN2O3S/c1-13-18(14-7-9-15(22)10-8-14)19-20(28-13)23-12-24(21(19)26)11-17(25)27-16-5-3-2-4-6-16/h7-10,12,16H,2-6,11H2,1H3. The van der Waals surface area contributed by atoms with E-state index in [1.54, 1.807) is 12.1 Å². The number of aryl methyl sites for hydroxylation is 1. The molecule has 1 saturated carbocycles. The van der Waals surface area contributed by atoms with E-state index in [1.807, 2.05) is 19.1 Å². The summed E-state index contributed by atoms with van der Waals surface area (Å²) in [6.07, 6.45) is 6.59. The maximum Gasteiger partial charge on any atom is 0.326 e. The highest BCUT2D eigenvalue weighted by atomic mass is 35.5. The predicted octanol–water partition coefficient (Wildman–Crippen LogP) is 4.96. The molecule has 7 heteroatoms. The van der Waals surface area contributed by atoms with E-state index in [9.17, 15) is 9.59 Å². The van der Waals surface area contributed by atoms with Gasteiger partial charge in [-0.1, -0.05) is 30.2 Å². The number of nitrogens with zero attached hydrogens (tertiary/aromatic N) is 2. The van der Waals surface area contributed by atoms with Crippen LogP contribution in [0, 0.1) is 6.92 Å². The van der Waals surface area contributed by atoms with Crippen molar-refractivity contribution >= 4 is 39.1 Å². The summed E-state index contributed by atoms with van der Waals surface area (Å²) in [6, 6.07) is 7.39. The highest BCUT2D eigenvalue weighted by molar-refractivity contribution is 7.19. The van der Waals surface area contributed by atoms with Gasteiger partial charge in [0.25, 0.3) is 5.56 Å². The van der Waals surface area contributed by atoms with Crippen molar-refractivity contribution in [3.63, 3.8) is 0 Å². The van der Waals surface area contributed by atoms with E-state index in [1.165, 1.54) is 28.7 Å². The number of hydrogen-bond acceptors (Lipinski definition) is 5. The van der Waals surface area contributed by atoms with E-state index in [0.717, 1.165) is 41.7 Å². The normalized spacial score (nSPS) is 15.1. The number of aromatic nitrogens is 2. The molecule has 1 aliphatic rings. The van der Waals surface area contributed by atoms with Crippen LogP contribution in [-0.4, -0.2) is 21.6 Å². The van der Waals surface area contributed by atoms with Gasteiger partial charge in [0.05, 0.1) is 11.7 Å². The molecule has 3 aromatic rings. The van der Waals surface area contributed by atoms with E-state index in [4.69, 9.17) is 16.3 Å². The molecule has 28 heavy (non-hydrogen) atoms. The van der Waals surface area contributed by atoms with Crippen LogP contribution in [0.5, 0.6) is 0 Å². The van der Waals surface area contributed by atoms with Crippen LogP contribution in [0.1, 0.15) is 37.0 Å². The van der Waals surface area contributed by atoms with Gasteiger partial charge in [-0.3, -0.25) is 14.2 Å². The van der Waals surface area contributed by atoms with Gasteiger partial charge < -0.3 is 4.74 Å². The first-order valence-corrected chi connectivity index (χ1v) is 10.7. The third-order valence-corrected chi connectivity index (χ3v) is 6.40. The number of hydrogen-bond donors (Lipinski definition) is 0. The Kier molecular flexibility index (Phi) is 5.51. The Hall–Kier alpha value is -2.18. The second-order valence-corrected chi connectivity index (χ2v) is 8.79. The van der Waals surface area contributed by atoms with E-state index < -0.39 is 0 Å². The quantitative estimate of drug-likeness (QED) is 0.564. The molecule has 0 bridgehead atoms. The average Bonchev–Trinajstić information content (AvgIpc) is 3.02. The first-order valence-electron chi connectivity index (χ1n) is 9.47. The molecule has 5 nitrogen and oxygen atoms in total. The summed E-state index contributed by atoms with van der Waals surface area (Å²) in [5.41, 5.74) is 1.54. The fourth-order valence-corrected chi connectivity index (χ4v) is 4.89. The van der Waals surface area contributed by atoms with Crippen molar-refractivity contribution in [3.05, 3.63) is 50.8 Å². The molecule has 2 heterocycles. The van der Waals surface area contributed by atoms with Crippen molar-refractivity contribution in [1.82, 2.24) is 9.55 Å². The highest BCUT2D eigenvalue weighted by Crippen LogP contribution is 2.35. The molecule has 0 atom stereocenters. The summed E-state index contributed by atoms with van der Waals surface area (Å²) in [5, 5.41) is 1.18. The summed E-state index contributed by atoms with van der Waals surface area (Å²) in [4.78, 5) is 31.6. The van der Waals surface area contributed by atoms with Gasteiger partial charge in [-0.25, -0.2) is 4.98 Å². The van der Waals surface area contributed by atoms with Crippen LogP contribution >= 0.6 is 22.9 Å². The molecular formula is C21H21ClN2O3S. The molecular weight excluding hydrogens is 396 g/mol. The smallest absolute Gasteiger partial charge is 0.326 e. The molecule has 0 spiro atoms. The molecule has 1 aliphatic carbocycles. The average molecular weight is 417 g/mol. The van der Waals surface area contributed by atoms with Gasteiger partial charge >= 0.3 is 5.97 Å². The largest absolute Gasteiger partial charge is 0.461 e. The van der Waals surface area contributed by atoms with Crippen LogP contribution in [0.2, 0.25) is 5.02 Å². The SMILES string of the molecule is Cc1sc2ncn(CC(=O)OC3CCCCC3)c(=O)c2c1-c1ccc(Cl)cc1. The number of fused-ring (bicyclic) bond motifs is 1. The van der Waals surface area contributed by atoms with E-state index >= 15 is 0 Å². The Morgan fingerprint density at radius 1 is 1.25 bits per heavy atom. The third kappa shape index (κ3) is 3.84. The second-order valence-electron chi connectivity index (χ2n) is 7.15. The molecule has 1 aromatic carbocycles. The monoisotopic (exact) mass is 416 g/mol. The van der Waals surface area contributed by atoms with Crippen molar-refractivity contribution < 1.29 is 9.53 Å². The molecule has 0 unspecified atom stereocenters. The van der Waals surface area contributed by atoms with E-state index in [-0.39, 0.29) is 24.2 Å². The Morgan fingerprint density at radius 2 is 1.96 bits per heavy atom. The Bertz CT molecular complexity index is 1070. The van der Waals surface area contributed by atoms with Gasteiger partial charge in [-0.2, -0.15) is 0 Å². The predicted molar refractivity (Wildman–Crippen MR) is 112 cm³/mol. The number of benzene rings is 1. The minimum atomic E-state index is -0.379. The molecule has 0 amide bonds. The number of thiophene rings is 1. The summed E-state index contributed by atoms with van der Waals surface area (Å²) < 4.78 is 6.90. The van der Waals surface area contributed by atoms with Crippen LogP contribution in [0.15, 0.2) is 35.4 Å². The molecule has 0 radical (unpaired) electrons. The molecule has 0 aliphatic heterocycles.